The second kappa shape index (κ2) is 5.26. The van der Waals surface area contributed by atoms with E-state index < -0.39 is 0 Å². The van der Waals surface area contributed by atoms with Gasteiger partial charge in [-0.05, 0) is 43.0 Å². The van der Waals surface area contributed by atoms with E-state index in [9.17, 15) is 9.90 Å². The van der Waals surface area contributed by atoms with Crippen molar-refractivity contribution in [2.75, 3.05) is 13.6 Å². The molecule has 0 spiro atoms. The van der Waals surface area contributed by atoms with Crippen molar-refractivity contribution in [2.24, 2.45) is 5.92 Å². The Labute approximate surface area is 145 Å². The van der Waals surface area contributed by atoms with Crippen molar-refractivity contribution in [2.45, 2.75) is 31.3 Å². The van der Waals surface area contributed by atoms with Crippen molar-refractivity contribution in [3.8, 4) is 5.88 Å². The highest BCUT2D eigenvalue weighted by atomic mass is 16.3. The average molecular weight is 338 g/mol. The molecule has 130 valence electrons. The summed E-state index contributed by atoms with van der Waals surface area (Å²) in [6.45, 7) is 1.61. The second-order valence-corrected chi connectivity index (χ2v) is 7.60. The van der Waals surface area contributed by atoms with Crippen molar-refractivity contribution in [3.05, 3.63) is 52.2 Å². The fourth-order valence-corrected chi connectivity index (χ4v) is 5.02. The van der Waals surface area contributed by atoms with Crippen LogP contribution in [0.1, 0.15) is 23.5 Å². The molecule has 1 aliphatic carbocycles. The van der Waals surface area contributed by atoms with Crippen LogP contribution in [0.15, 0.2) is 35.4 Å². The number of nitrogens with one attached hydrogen (secondary N) is 2. The van der Waals surface area contributed by atoms with Crippen LogP contribution in [0.25, 0.3) is 10.9 Å². The Morgan fingerprint density at radius 2 is 2.24 bits per heavy atom. The molecule has 2 aromatic heterocycles. The Morgan fingerprint density at radius 3 is 3.04 bits per heavy atom. The Kier molecular flexibility index (Phi) is 3.12. The van der Waals surface area contributed by atoms with Crippen LogP contribution in [0.2, 0.25) is 0 Å². The molecule has 3 N–H and O–H groups in total. The first-order valence-corrected chi connectivity index (χ1v) is 8.87. The number of H-pyrrole nitrogens is 2. The minimum atomic E-state index is -0.235. The predicted molar refractivity (Wildman–Crippen MR) is 96.0 cm³/mol. The van der Waals surface area contributed by atoms with E-state index in [1.807, 2.05) is 0 Å². The van der Waals surface area contributed by atoms with Crippen molar-refractivity contribution in [1.29, 1.82) is 0 Å². The predicted octanol–water partition coefficient (Wildman–Crippen LogP) is 2.02. The maximum Gasteiger partial charge on any atom is 0.328 e. The Morgan fingerprint density at radius 1 is 1.36 bits per heavy atom. The molecular weight excluding hydrogens is 316 g/mol. The highest BCUT2D eigenvalue weighted by Crippen LogP contribution is 2.44. The molecule has 2 aliphatic rings. The van der Waals surface area contributed by atoms with Gasteiger partial charge in [-0.2, -0.15) is 0 Å². The van der Waals surface area contributed by atoms with Gasteiger partial charge in [0.2, 0.25) is 5.88 Å². The third-order valence-corrected chi connectivity index (χ3v) is 6.04. The smallest absolute Gasteiger partial charge is 0.328 e. The Hall–Kier alpha value is -2.47. The summed E-state index contributed by atoms with van der Waals surface area (Å²) in [6, 6.07) is 7.07. The molecule has 0 radical (unpaired) electrons. The number of imidazole rings is 1. The van der Waals surface area contributed by atoms with Gasteiger partial charge in [0.1, 0.15) is 0 Å². The standard InChI is InChI=1S/C19H22N4O2/c1-22-8-11(9-23-10-17(24)21-19(23)25)5-14-13-3-2-4-15-18(13)12(7-20-15)6-16(14)22/h2-4,7,10-11,14,16,20,24H,5-6,8-9H2,1H3,(H,21,25)/t11?,14-,16-/m1/s1. The van der Waals surface area contributed by atoms with Crippen LogP contribution < -0.4 is 5.69 Å². The average Bonchev–Trinajstić information content (AvgIpc) is 3.13. The lowest BCUT2D eigenvalue weighted by Crippen LogP contribution is -2.48. The zero-order chi connectivity index (χ0) is 17.1. The third kappa shape index (κ3) is 2.24. The van der Waals surface area contributed by atoms with Gasteiger partial charge < -0.3 is 15.0 Å². The van der Waals surface area contributed by atoms with E-state index in [0.717, 1.165) is 19.4 Å². The van der Waals surface area contributed by atoms with E-state index in [4.69, 9.17) is 0 Å². The maximum atomic E-state index is 11.9. The molecule has 6 heteroatoms. The normalized spacial score (nSPS) is 26.0. The van der Waals surface area contributed by atoms with Gasteiger partial charge in [-0.1, -0.05) is 12.1 Å². The van der Waals surface area contributed by atoms with Crippen molar-refractivity contribution < 1.29 is 5.11 Å². The van der Waals surface area contributed by atoms with Crippen LogP contribution in [0, 0.1) is 5.92 Å². The number of aromatic hydroxyl groups is 1. The lowest BCUT2D eigenvalue weighted by atomic mass is 9.72. The number of nitrogens with zero attached hydrogens (tertiary/aromatic N) is 2. The number of piperidine rings is 1. The van der Waals surface area contributed by atoms with Gasteiger partial charge in [0.15, 0.2) is 0 Å². The molecule has 1 aliphatic heterocycles. The first-order valence-electron chi connectivity index (χ1n) is 8.87. The fraction of sp³-hybridized carbons (Fsp3) is 0.421. The van der Waals surface area contributed by atoms with Crippen LogP contribution >= 0.6 is 0 Å². The molecule has 3 heterocycles. The van der Waals surface area contributed by atoms with E-state index in [2.05, 4.69) is 46.3 Å². The summed E-state index contributed by atoms with van der Waals surface area (Å²) in [5.41, 5.74) is 3.85. The highest BCUT2D eigenvalue weighted by Gasteiger charge is 2.39. The number of rotatable bonds is 2. The number of hydrogen-bond donors (Lipinski definition) is 3. The minimum Gasteiger partial charge on any atom is -0.493 e. The number of aromatic amines is 2. The van der Waals surface area contributed by atoms with Crippen LogP contribution in [0.3, 0.4) is 0 Å². The molecule has 1 aromatic carbocycles. The summed E-state index contributed by atoms with van der Waals surface area (Å²) < 4.78 is 1.60. The van der Waals surface area contributed by atoms with Crippen molar-refractivity contribution in [3.63, 3.8) is 0 Å². The summed E-state index contributed by atoms with van der Waals surface area (Å²) >= 11 is 0. The Bertz CT molecular complexity index is 998. The summed E-state index contributed by atoms with van der Waals surface area (Å²) in [5, 5.41) is 10.9. The molecule has 0 amide bonds. The van der Waals surface area contributed by atoms with Crippen LogP contribution in [-0.4, -0.2) is 44.2 Å². The number of aromatic nitrogens is 3. The topological polar surface area (TPSA) is 77.0 Å². The molecule has 3 aromatic rings. The molecule has 0 saturated carbocycles. The van der Waals surface area contributed by atoms with Crippen LogP contribution in [-0.2, 0) is 13.0 Å². The van der Waals surface area contributed by atoms with Crippen LogP contribution in [0.4, 0.5) is 0 Å². The molecular formula is C19H22N4O2. The van der Waals surface area contributed by atoms with E-state index in [-0.39, 0.29) is 11.6 Å². The molecule has 3 atom stereocenters. The van der Waals surface area contributed by atoms with E-state index in [0.29, 0.717) is 24.4 Å². The zero-order valence-electron chi connectivity index (χ0n) is 14.2. The van der Waals surface area contributed by atoms with E-state index >= 15 is 0 Å². The molecule has 1 fully saturated rings. The molecule has 1 saturated heterocycles. The van der Waals surface area contributed by atoms with Crippen molar-refractivity contribution >= 4 is 10.9 Å². The van der Waals surface area contributed by atoms with Gasteiger partial charge in [0.25, 0.3) is 0 Å². The van der Waals surface area contributed by atoms with Gasteiger partial charge in [-0.3, -0.25) is 9.55 Å². The molecule has 1 unspecified atom stereocenters. The molecule has 0 bridgehead atoms. The molecule has 6 nitrogen and oxygen atoms in total. The lowest BCUT2D eigenvalue weighted by Gasteiger charge is -2.45. The molecule has 5 rings (SSSR count). The summed E-state index contributed by atoms with van der Waals surface area (Å²) in [7, 11) is 2.19. The van der Waals surface area contributed by atoms with Gasteiger partial charge in [-0.15, -0.1) is 0 Å². The summed E-state index contributed by atoms with van der Waals surface area (Å²) in [6.07, 6.45) is 5.81. The lowest BCUT2D eigenvalue weighted by molar-refractivity contribution is 0.103. The Balaban J connectivity index is 1.50. The van der Waals surface area contributed by atoms with Crippen LogP contribution in [0.5, 0.6) is 5.88 Å². The first-order chi connectivity index (χ1) is 12.1. The monoisotopic (exact) mass is 338 g/mol. The summed E-state index contributed by atoms with van der Waals surface area (Å²) in [4.78, 5) is 20.2. The number of benzene rings is 1. The fourth-order valence-electron chi connectivity index (χ4n) is 5.02. The van der Waals surface area contributed by atoms with Gasteiger partial charge in [0.05, 0.1) is 6.20 Å². The van der Waals surface area contributed by atoms with E-state index in [1.165, 1.54) is 28.2 Å². The minimum absolute atomic E-state index is 0.0635. The maximum absolute atomic E-state index is 11.9. The zero-order valence-corrected chi connectivity index (χ0v) is 14.2. The number of fused-ring (bicyclic) bond motifs is 2. The van der Waals surface area contributed by atoms with Gasteiger partial charge >= 0.3 is 5.69 Å². The quantitative estimate of drug-likeness (QED) is 0.669. The van der Waals surface area contributed by atoms with Gasteiger partial charge in [0, 0.05) is 42.1 Å². The first kappa shape index (κ1) is 14.8. The number of likely N-dealkylation sites (tertiary alicyclic amines) is 1. The number of hydrogen-bond acceptors (Lipinski definition) is 3. The summed E-state index contributed by atoms with van der Waals surface area (Å²) in [5.74, 6) is 0.806. The largest absolute Gasteiger partial charge is 0.493 e. The molecule has 25 heavy (non-hydrogen) atoms. The van der Waals surface area contributed by atoms with E-state index in [1.54, 1.807) is 4.57 Å². The second-order valence-electron chi connectivity index (χ2n) is 7.60. The van der Waals surface area contributed by atoms with Crippen molar-refractivity contribution in [1.82, 2.24) is 19.4 Å². The number of likely N-dealkylation sites (N-methyl/N-ethyl adjacent to an activating group) is 1. The van der Waals surface area contributed by atoms with Gasteiger partial charge in [-0.25, -0.2) is 4.79 Å². The highest BCUT2D eigenvalue weighted by molar-refractivity contribution is 5.88. The SMILES string of the molecule is CN1CC(Cn2cc(O)[nH]c2=O)C[C@@H]2c3cccc4[nH]cc(c34)C[C@H]21. The third-order valence-electron chi connectivity index (χ3n) is 6.04.